The van der Waals surface area contributed by atoms with Crippen LogP contribution in [0, 0.1) is 0 Å². The van der Waals surface area contributed by atoms with Gasteiger partial charge in [-0.25, -0.2) is 4.68 Å². The molecule has 132 valence electrons. The summed E-state index contributed by atoms with van der Waals surface area (Å²) in [6.45, 7) is 7.93. The SMILES string of the molecule is [2H]CC(C)Nc1cnn(COCC[Si](C)(C)C)c(=O)c1C(F)(F)F. The fourth-order valence-corrected chi connectivity index (χ4v) is 2.52. The molecule has 1 aromatic rings. The number of nitrogens with zero attached hydrogens (tertiary/aromatic N) is 2. The number of nitrogens with one attached hydrogen (secondary N) is 1. The first-order valence-electron chi connectivity index (χ1n) is 7.97. The predicted octanol–water partition coefficient (Wildman–Crippen LogP) is 3.39. The van der Waals surface area contributed by atoms with Crippen molar-refractivity contribution in [1.29, 1.82) is 0 Å². The lowest BCUT2D eigenvalue weighted by Gasteiger charge is -2.18. The Kier molecular flexibility index (Phi) is 5.85. The lowest BCUT2D eigenvalue weighted by molar-refractivity contribution is -0.138. The number of alkyl halides is 3. The van der Waals surface area contributed by atoms with Crippen molar-refractivity contribution in [2.75, 3.05) is 11.9 Å². The van der Waals surface area contributed by atoms with E-state index in [1.165, 1.54) is 0 Å². The summed E-state index contributed by atoms with van der Waals surface area (Å²) in [7, 11) is -1.32. The van der Waals surface area contributed by atoms with E-state index in [0.717, 1.165) is 12.2 Å². The Morgan fingerprint density at radius 3 is 2.65 bits per heavy atom. The number of rotatable bonds is 7. The Labute approximate surface area is 136 Å². The third-order valence-corrected chi connectivity index (χ3v) is 4.64. The molecule has 0 aliphatic heterocycles. The molecule has 1 N–H and O–H groups in total. The van der Waals surface area contributed by atoms with E-state index < -0.39 is 37.1 Å². The molecule has 0 fully saturated rings. The van der Waals surface area contributed by atoms with Gasteiger partial charge in [0.05, 0.1) is 11.9 Å². The van der Waals surface area contributed by atoms with Crippen molar-refractivity contribution in [3.05, 3.63) is 22.1 Å². The van der Waals surface area contributed by atoms with Gasteiger partial charge >= 0.3 is 6.18 Å². The van der Waals surface area contributed by atoms with Crippen LogP contribution in [0.5, 0.6) is 0 Å². The number of aromatic nitrogens is 2. The van der Waals surface area contributed by atoms with E-state index in [1.807, 2.05) is 0 Å². The Bertz CT molecular complexity index is 602. The Balaban J connectivity index is 2.99. The van der Waals surface area contributed by atoms with Gasteiger partial charge < -0.3 is 10.1 Å². The molecule has 0 bridgehead atoms. The first-order valence-corrected chi connectivity index (χ1v) is 11.0. The molecular formula is C14H24F3N3O2Si. The van der Waals surface area contributed by atoms with E-state index in [0.29, 0.717) is 11.3 Å². The van der Waals surface area contributed by atoms with Crippen molar-refractivity contribution < 1.29 is 19.3 Å². The van der Waals surface area contributed by atoms with E-state index in [4.69, 9.17) is 6.11 Å². The van der Waals surface area contributed by atoms with Gasteiger partial charge in [0.1, 0.15) is 12.3 Å². The van der Waals surface area contributed by atoms with Gasteiger partial charge in [0, 0.05) is 22.1 Å². The van der Waals surface area contributed by atoms with Gasteiger partial charge in [-0.15, -0.1) is 0 Å². The van der Waals surface area contributed by atoms with Crippen LogP contribution in [0.4, 0.5) is 18.9 Å². The summed E-state index contributed by atoms with van der Waals surface area (Å²) in [5.74, 6) is 0. The molecule has 1 rings (SSSR count). The average molecular weight is 352 g/mol. The van der Waals surface area contributed by atoms with Crippen LogP contribution in [0.3, 0.4) is 0 Å². The van der Waals surface area contributed by atoms with Gasteiger partial charge in [0.15, 0.2) is 0 Å². The molecular weight excluding hydrogens is 327 g/mol. The van der Waals surface area contributed by atoms with Gasteiger partial charge in [0.25, 0.3) is 5.56 Å². The minimum Gasteiger partial charge on any atom is -0.381 e. The van der Waals surface area contributed by atoms with Gasteiger partial charge in [-0.3, -0.25) is 4.79 Å². The molecule has 1 unspecified atom stereocenters. The van der Waals surface area contributed by atoms with Crippen LogP contribution in [0.1, 0.15) is 20.8 Å². The van der Waals surface area contributed by atoms with Crippen molar-refractivity contribution >= 4 is 13.8 Å². The van der Waals surface area contributed by atoms with Gasteiger partial charge in [0.2, 0.25) is 0 Å². The molecule has 0 aromatic carbocycles. The van der Waals surface area contributed by atoms with Crippen LogP contribution in [0.2, 0.25) is 25.7 Å². The average Bonchev–Trinajstić information content (AvgIpc) is 2.42. The number of hydrogen-bond donors (Lipinski definition) is 1. The van der Waals surface area contributed by atoms with Crippen molar-refractivity contribution in [1.82, 2.24) is 9.78 Å². The topological polar surface area (TPSA) is 56.1 Å². The largest absolute Gasteiger partial charge is 0.423 e. The van der Waals surface area contributed by atoms with Crippen LogP contribution in [-0.2, 0) is 17.6 Å². The van der Waals surface area contributed by atoms with Crippen molar-refractivity contribution in [2.24, 2.45) is 0 Å². The monoisotopic (exact) mass is 352 g/mol. The fourth-order valence-electron chi connectivity index (χ4n) is 1.76. The zero-order valence-corrected chi connectivity index (χ0v) is 14.8. The predicted molar refractivity (Wildman–Crippen MR) is 86.4 cm³/mol. The lowest BCUT2D eigenvalue weighted by Crippen LogP contribution is -2.33. The second-order valence-corrected chi connectivity index (χ2v) is 12.3. The molecule has 9 heteroatoms. The quantitative estimate of drug-likeness (QED) is 0.604. The normalized spacial score (nSPS) is 14.5. The lowest BCUT2D eigenvalue weighted by atomic mass is 10.2. The summed E-state index contributed by atoms with van der Waals surface area (Å²) >= 11 is 0. The zero-order valence-electron chi connectivity index (χ0n) is 14.8. The first-order chi connectivity index (χ1) is 11.0. The van der Waals surface area contributed by atoms with Crippen LogP contribution < -0.4 is 10.9 Å². The number of hydrogen-bond acceptors (Lipinski definition) is 4. The maximum absolute atomic E-state index is 13.2. The highest BCUT2D eigenvalue weighted by atomic mass is 28.3. The molecule has 0 radical (unpaired) electrons. The van der Waals surface area contributed by atoms with Crippen LogP contribution in [-0.4, -0.2) is 30.5 Å². The van der Waals surface area contributed by atoms with Gasteiger partial charge in [-0.2, -0.15) is 18.3 Å². The summed E-state index contributed by atoms with van der Waals surface area (Å²) in [6.07, 6.45) is -3.86. The Hall–Kier alpha value is -1.35. The molecule has 0 saturated carbocycles. The highest BCUT2D eigenvalue weighted by molar-refractivity contribution is 6.76. The highest BCUT2D eigenvalue weighted by Gasteiger charge is 2.38. The molecule has 5 nitrogen and oxygen atoms in total. The second kappa shape index (κ2) is 7.48. The van der Waals surface area contributed by atoms with Crippen LogP contribution in [0.15, 0.2) is 11.0 Å². The Morgan fingerprint density at radius 2 is 2.13 bits per heavy atom. The molecule has 0 aliphatic rings. The molecule has 0 saturated heterocycles. The van der Waals surface area contributed by atoms with Crippen molar-refractivity contribution in [3.63, 3.8) is 0 Å². The van der Waals surface area contributed by atoms with E-state index in [1.54, 1.807) is 6.92 Å². The first kappa shape index (κ1) is 18.0. The third-order valence-electron chi connectivity index (χ3n) is 2.94. The summed E-state index contributed by atoms with van der Waals surface area (Å²) < 4.78 is 52.8. The van der Waals surface area contributed by atoms with Crippen molar-refractivity contribution in [2.45, 2.75) is 58.5 Å². The van der Waals surface area contributed by atoms with Gasteiger partial charge in [-0.05, 0) is 19.9 Å². The molecule has 1 aromatic heterocycles. The molecule has 0 aliphatic carbocycles. The fraction of sp³-hybridized carbons (Fsp3) is 0.714. The molecule has 1 atom stereocenters. The Morgan fingerprint density at radius 1 is 1.48 bits per heavy atom. The van der Waals surface area contributed by atoms with E-state index in [-0.39, 0.29) is 13.6 Å². The third kappa shape index (κ3) is 6.34. The standard InChI is InChI=1S/C14H24F3N3O2Si/c1-10(2)19-11-8-18-20(9-22-6-7-23(3,4)5)13(21)12(11)14(15,16)17/h8,10,19H,6-7,9H2,1-5H3/i1D. The molecule has 23 heavy (non-hydrogen) atoms. The minimum atomic E-state index is -4.82. The highest BCUT2D eigenvalue weighted by Crippen LogP contribution is 2.31. The molecule has 1 heterocycles. The summed E-state index contributed by atoms with van der Waals surface area (Å²) in [4.78, 5) is 12.1. The smallest absolute Gasteiger partial charge is 0.381 e. The maximum Gasteiger partial charge on any atom is 0.423 e. The number of halogens is 3. The van der Waals surface area contributed by atoms with Gasteiger partial charge in [-0.1, -0.05) is 19.6 Å². The van der Waals surface area contributed by atoms with E-state index in [2.05, 4.69) is 30.1 Å². The van der Waals surface area contributed by atoms with Crippen molar-refractivity contribution in [3.8, 4) is 0 Å². The van der Waals surface area contributed by atoms with E-state index >= 15 is 0 Å². The summed E-state index contributed by atoms with van der Waals surface area (Å²) in [6, 6.07) is 0.310. The summed E-state index contributed by atoms with van der Waals surface area (Å²) in [5.41, 5.74) is -2.98. The molecule has 0 amide bonds. The maximum atomic E-state index is 13.2. The second-order valence-electron chi connectivity index (χ2n) is 6.63. The zero-order chi connectivity index (χ0) is 18.5. The minimum absolute atomic E-state index is 0.125. The number of anilines is 1. The summed E-state index contributed by atoms with van der Waals surface area (Å²) in [5, 5.41) is 6.24. The van der Waals surface area contributed by atoms with Crippen LogP contribution in [0.25, 0.3) is 0 Å². The molecule has 0 spiro atoms. The van der Waals surface area contributed by atoms with Crippen LogP contribution >= 0.6 is 0 Å². The van der Waals surface area contributed by atoms with E-state index in [9.17, 15) is 18.0 Å². The number of ether oxygens (including phenoxy) is 1.